The van der Waals surface area contributed by atoms with E-state index in [1.54, 1.807) is 32.0 Å². The Bertz CT molecular complexity index is 520. The lowest BCUT2D eigenvalue weighted by atomic mass is 9.97. The Morgan fingerprint density at radius 1 is 1.53 bits per heavy atom. The van der Waals surface area contributed by atoms with E-state index in [0.717, 1.165) is 0 Å². The van der Waals surface area contributed by atoms with Crippen LogP contribution in [0.25, 0.3) is 0 Å². The Kier molecular flexibility index (Phi) is 5.03. The van der Waals surface area contributed by atoms with Gasteiger partial charge in [-0.05, 0) is 25.5 Å². The molecule has 0 saturated heterocycles. The number of hydrogen-bond acceptors (Lipinski definition) is 3. The molecule has 104 valence electrons. The van der Waals surface area contributed by atoms with E-state index >= 15 is 0 Å². The summed E-state index contributed by atoms with van der Waals surface area (Å²) in [7, 11) is 0. The van der Waals surface area contributed by atoms with Gasteiger partial charge >= 0.3 is 0 Å². The molecule has 1 atom stereocenters. The van der Waals surface area contributed by atoms with Crippen LogP contribution in [0.3, 0.4) is 0 Å². The van der Waals surface area contributed by atoms with E-state index in [0.29, 0.717) is 6.42 Å². The molecule has 4 N–H and O–H groups in total. The highest BCUT2D eigenvalue weighted by molar-refractivity contribution is 6.43. The molecule has 5 nitrogen and oxygen atoms in total. The van der Waals surface area contributed by atoms with Crippen LogP contribution in [0.4, 0.5) is 0 Å². The fourth-order valence-electron chi connectivity index (χ4n) is 1.44. The maximum Gasteiger partial charge on any atom is 0.253 e. The number of nitrogens with zero attached hydrogens (tertiary/aromatic N) is 1. The topological polar surface area (TPSA) is 87.7 Å². The number of benzene rings is 1. The number of nitrogens with one attached hydrogen (secondary N) is 1. The molecule has 1 aromatic rings. The molecule has 0 bridgehead atoms. The molecule has 0 radical (unpaired) electrons. The quantitative estimate of drug-likeness (QED) is 0.346. The van der Waals surface area contributed by atoms with Crippen molar-refractivity contribution in [3.8, 4) is 0 Å². The number of hydrogen-bond donors (Lipinski definition) is 3. The van der Waals surface area contributed by atoms with E-state index in [1.165, 1.54) is 0 Å². The van der Waals surface area contributed by atoms with Crippen LogP contribution in [0.1, 0.15) is 30.6 Å². The first-order valence-corrected chi connectivity index (χ1v) is 6.35. The van der Waals surface area contributed by atoms with Gasteiger partial charge in [-0.3, -0.25) is 4.79 Å². The number of amides is 1. The van der Waals surface area contributed by atoms with Crippen molar-refractivity contribution < 1.29 is 10.0 Å². The van der Waals surface area contributed by atoms with Crippen LogP contribution in [0.2, 0.25) is 10.0 Å². The minimum absolute atomic E-state index is 0.0819. The van der Waals surface area contributed by atoms with Gasteiger partial charge in [0.05, 0.1) is 21.1 Å². The third-order valence-corrected chi connectivity index (χ3v) is 3.78. The third kappa shape index (κ3) is 3.30. The molecule has 1 unspecified atom stereocenters. The van der Waals surface area contributed by atoms with E-state index in [9.17, 15) is 4.79 Å². The van der Waals surface area contributed by atoms with Crippen LogP contribution < -0.4 is 11.1 Å². The molecule has 0 spiro atoms. The normalized spacial score (nSPS) is 14.8. The average Bonchev–Trinajstić information content (AvgIpc) is 2.40. The Hall–Kier alpha value is -1.46. The smallest absolute Gasteiger partial charge is 0.253 e. The monoisotopic (exact) mass is 303 g/mol. The molecule has 0 heterocycles. The molecule has 0 fully saturated rings. The van der Waals surface area contributed by atoms with Gasteiger partial charge in [0.1, 0.15) is 0 Å². The van der Waals surface area contributed by atoms with E-state index in [1.807, 2.05) is 0 Å². The lowest BCUT2D eigenvalue weighted by Crippen LogP contribution is -2.55. The lowest BCUT2D eigenvalue weighted by Gasteiger charge is -2.28. The van der Waals surface area contributed by atoms with Gasteiger partial charge in [-0.15, -0.1) is 0 Å². The summed E-state index contributed by atoms with van der Waals surface area (Å²) in [6, 6.07) is 4.75. The van der Waals surface area contributed by atoms with Gasteiger partial charge in [0.2, 0.25) is 0 Å². The Morgan fingerprint density at radius 3 is 2.68 bits per heavy atom. The van der Waals surface area contributed by atoms with Crippen molar-refractivity contribution in [2.24, 2.45) is 10.9 Å². The van der Waals surface area contributed by atoms with Gasteiger partial charge < -0.3 is 16.3 Å². The Labute approximate surface area is 121 Å². The standard InChI is InChI=1S/C12H15Cl2N3O2/c1-3-12(2,11(15)17-19)16-10(18)7-5-4-6-8(13)9(7)14/h4-6,19H,3H2,1-2H3,(H2,15,17)(H,16,18). The Balaban J connectivity index is 3.05. The second kappa shape index (κ2) is 6.12. The maximum absolute atomic E-state index is 12.2. The van der Waals surface area contributed by atoms with Crippen molar-refractivity contribution in [2.45, 2.75) is 25.8 Å². The number of carbonyl (C=O) groups is 1. The average molecular weight is 304 g/mol. The first kappa shape index (κ1) is 15.6. The summed E-state index contributed by atoms with van der Waals surface area (Å²) in [5, 5.41) is 14.8. The van der Waals surface area contributed by atoms with E-state index < -0.39 is 11.4 Å². The first-order valence-electron chi connectivity index (χ1n) is 5.60. The summed E-state index contributed by atoms with van der Waals surface area (Å²) < 4.78 is 0. The van der Waals surface area contributed by atoms with Crippen LogP contribution in [-0.2, 0) is 0 Å². The van der Waals surface area contributed by atoms with Crippen LogP contribution in [-0.4, -0.2) is 22.5 Å². The molecule has 7 heteroatoms. The molecule has 0 aliphatic heterocycles. The minimum atomic E-state index is -0.961. The zero-order chi connectivity index (χ0) is 14.6. The van der Waals surface area contributed by atoms with Crippen LogP contribution in [0, 0.1) is 0 Å². The molecule has 1 aromatic carbocycles. The van der Waals surface area contributed by atoms with Gasteiger partial charge in [-0.25, -0.2) is 0 Å². The van der Waals surface area contributed by atoms with E-state index in [4.69, 9.17) is 34.1 Å². The van der Waals surface area contributed by atoms with Crippen molar-refractivity contribution in [3.05, 3.63) is 33.8 Å². The SMILES string of the molecule is CCC(C)(NC(=O)c1cccc(Cl)c1Cl)/C(N)=N/O. The largest absolute Gasteiger partial charge is 0.409 e. The summed E-state index contributed by atoms with van der Waals surface area (Å²) in [5.74, 6) is -0.523. The molecular weight excluding hydrogens is 289 g/mol. The molecule has 0 aliphatic rings. The fraction of sp³-hybridized carbons (Fsp3) is 0.333. The predicted molar refractivity (Wildman–Crippen MR) is 76.0 cm³/mol. The van der Waals surface area contributed by atoms with Crippen molar-refractivity contribution >= 4 is 34.9 Å². The van der Waals surface area contributed by atoms with Crippen LogP contribution in [0.5, 0.6) is 0 Å². The van der Waals surface area contributed by atoms with Gasteiger partial charge in [0.15, 0.2) is 5.84 Å². The zero-order valence-corrected chi connectivity index (χ0v) is 12.1. The van der Waals surface area contributed by atoms with Crippen molar-refractivity contribution in [3.63, 3.8) is 0 Å². The summed E-state index contributed by atoms with van der Waals surface area (Å²) in [6.45, 7) is 3.45. The number of halogens is 2. The summed E-state index contributed by atoms with van der Waals surface area (Å²) in [4.78, 5) is 12.2. The van der Waals surface area contributed by atoms with Gasteiger partial charge in [0.25, 0.3) is 5.91 Å². The molecule has 0 aromatic heterocycles. The molecule has 1 amide bonds. The van der Waals surface area contributed by atoms with Crippen molar-refractivity contribution in [1.29, 1.82) is 0 Å². The number of oxime groups is 1. The second-order valence-electron chi connectivity index (χ2n) is 4.23. The van der Waals surface area contributed by atoms with Crippen LogP contribution in [0.15, 0.2) is 23.4 Å². The lowest BCUT2D eigenvalue weighted by molar-refractivity contribution is 0.0925. The summed E-state index contributed by atoms with van der Waals surface area (Å²) in [5.41, 5.74) is 4.86. The molecule has 19 heavy (non-hydrogen) atoms. The minimum Gasteiger partial charge on any atom is -0.409 e. The summed E-state index contributed by atoms with van der Waals surface area (Å²) in [6.07, 6.45) is 0.451. The van der Waals surface area contributed by atoms with Crippen molar-refractivity contribution in [2.75, 3.05) is 0 Å². The maximum atomic E-state index is 12.2. The molecule has 0 aliphatic carbocycles. The number of rotatable bonds is 4. The first-order chi connectivity index (χ1) is 8.85. The van der Waals surface area contributed by atoms with Gasteiger partial charge in [-0.2, -0.15) is 0 Å². The fourth-order valence-corrected chi connectivity index (χ4v) is 1.83. The van der Waals surface area contributed by atoms with E-state index in [-0.39, 0.29) is 21.4 Å². The second-order valence-corrected chi connectivity index (χ2v) is 5.01. The van der Waals surface area contributed by atoms with Gasteiger partial charge in [-0.1, -0.05) is 41.3 Å². The molecular formula is C12H15Cl2N3O2. The Morgan fingerprint density at radius 2 is 2.16 bits per heavy atom. The van der Waals surface area contributed by atoms with E-state index in [2.05, 4.69) is 10.5 Å². The predicted octanol–water partition coefficient (Wildman–Crippen LogP) is 2.64. The molecule has 1 rings (SSSR count). The molecule has 0 saturated carbocycles. The number of amidine groups is 1. The third-order valence-electron chi connectivity index (χ3n) is 2.97. The highest BCUT2D eigenvalue weighted by Gasteiger charge is 2.30. The zero-order valence-electron chi connectivity index (χ0n) is 10.6. The highest BCUT2D eigenvalue weighted by atomic mass is 35.5. The highest BCUT2D eigenvalue weighted by Crippen LogP contribution is 2.26. The number of carbonyl (C=O) groups excluding carboxylic acids is 1. The van der Waals surface area contributed by atoms with Gasteiger partial charge in [0, 0.05) is 0 Å². The van der Waals surface area contributed by atoms with Crippen molar-refractivity contribution in [1.82, 2.24) is 5.32 Å². The summed E-state index contributed by atoms with van der Waals surface area (Å²) >= 11 is 11.8. The number of nitrogens with two attached hydrogens (primary N) is 1. The van der Waals surface area contributed by atoms with Crippen LogP contribution >= 0.6 is 23.2 Å².